The molecule has 10 heavy (non-hydrogen) atoms. The van der Waals surface area contributed by atoms with E-state index in [1.54, 1.807) is 6.92 Å². The Morgan fingerprint density at radius 3 is 2.50 bits per heavy atom. The SMILES string of the molecule is Cc1cnsc1S(=O)(=O)Cl. The van der Waals surface area contributed by atoms with Gasteiger partial charge in [-0.15, -0.1) is 0 Å². The minimum Gasteiger partial charge on any atom is -0.206 e. The predicted octanol–water partition coefficient (Wildman–Crippen LogP) is 1.38. The third-order valence-electron chi connectivity index (χ3n) is 0.925. The Bertz CT molecular complexity index is 329. The molecule has 0 unspecified atom stereocenters. The van der Waals surface area contributed by atoms with Crippen molar-refractivity contribution >= 4 is 31.3 Å². The van der Waals surface area contributed by atoms with E-state index in [9.17, 15) is 8.42 Å². The number of rotatable bonds is 1. The molecule has 0 aliphatic carbocycles. The zero-order valence-corrected chi connectivity index (χ0v) is 7.42. The average Bonchev–Trinajstić information content (AvgIpc) is 2.11. The molecule has 0 aliphatic heterocycles. The second-order valence-corrected chi connectivity index (χ2v) is 5.30. The molecule has 1 aromatic heterocycles. The Hall–Kier alpha value is -0.130. The molecule has 0 spiro atoms. The zero-order valence-electron chi connectivity index (χ0n) is 5.04. The summed E-state index contributed by atoms with van der Waals surface area (Å²) in [5.41, 5.74) is 0.597. The van der Waals surface area contributed by atoms with Crippen molar-refractivity contribution in [2.75, 3.05) is 0 Å². The number of hydrogen-bond acceptors (Lipinski definition) is 4. The summed E-state index contributed by atoms with van der Waals surface area (Å²) in [5, 5.41) is 0. The van der Waals surface area contributed by atoms with Gasteiger partial charge in [-0.25, -0.2) is 8.42 Å². The maximum absolute atomic E-state index is 10.7. The smallest absolute Gasteiger partial charge is 0.206 e. The van der Waals surface area contributed by atoms with Crippen LogP contribution in [-0.2, 0) is 9.05 Å². The third-order valence-corrected chi connectivity index (χ3v) is 4.01. The minimum absolute atomic E-state index is 0.133. The highest BCUT2D eigenvalue weighted by molar-refractivity contribution is 8.15. The maximum atomic E-state index is 10.7. The van der Waals surface area contributed by atoms with Gasteiger partial charge in [-0.05, 0) is 24.0 Å². The number of aryl methyl sites for hydroxylation is 1. The molecule has 0 saturated carbocycles. The summed E-state index contributed by atoms with van der Waals surface area (Å²) in [7, 11) is 1.49. The van der Waals surface area contributed by atoms with Gasteiger partial charge < -0.3 is 0 Å². The number of aromatic nitrogens is 1. The molecule has 56 valence electrons. The summed E-state index contributed by atoms with van der Waals surface area (Å²) < 4.78 is 25.1. The number of nitrogens with zero attached hydrogens (tertiary/aromatic N) is 1. The summed E-state index contributed by atoms with van der Waals surface area (Å²) in [4.78, 5) is 0. The first-order valence-electron chi connectivity index (χ1n) is 2.38. The molecule has 0 N–H and O–H groups in total. The lowest BCUT2D eigenvalue weighted by molar-refractivity contribution is 0.611. The third kappa shape index (κ3) is 1.47. The molecule has 1 aromatic rings. The van der Waals surface area contributed by atoms with Gasteiger partial charge >= 0.3 is 0 Å². The van der Waals surface area contributed by atoms with E-state index in [4.69, 9.17) is 10.7 Å². The van der Waals surface area contributed by atoms with Crippen LogP contribution in [-0.4, -0.2) is 12.8 Å². The molecule has 0 fully saturated rings. The van der Waals surface area contributed by atoms with Crippen molar-refractivity contribution < 1.29 is 8.42 Å². The van der Waals surface area contributed by atoms with Crippen LogP contribution in [0.15, 0.2) is 10.4 Å². The molecular formula is C4H4ClNO2S2. The van der Waals surface area contributed by atoms with Crippen LogP contribution in [0.5, 0.6) is 0 Å². The van der Waals surface area contributed by atoms with Gasteiger partial charge in [-0.3, -0.25) is 0 Å². The molecule has 3 nitrogen and oxygen atoms in total. The summed E-state index contributed by atoms with van der Waals surface area (Å²) in [6, 6.07) is 0. The number of halogens is 1. The fourth-order valence-corrected chi connectivity index (χ4v) is 2.56. The quantitative estimate of drug-likeness (QED) is 0.639. The molecule has 0 aliphatic rings. The summed E-state index contributed by atoms with van der Waals surface area (Å²) in [6.45, 7) is 1.65. The van der Waals surface area contributed by atoms with Crippen LogP contribution in [0.25, 0.3) is 0 Å². The number of hydrogen-bond donors (Lipinski definition) is 0. The van der Waals surface area contributed by atoms with Crippen molar-refractivity contribution in [3.05, 3.63) is 11.8 Å². The maximum Gasteiger partial charge on any atom is 0.272 e. The van der Waals surface area contributed by atoms with E-state index >= 15 is 0 Å². The monoisotopic (exact) mass is 197 g/mol. The van der Waals surface area contributed by atoms with Crippen molar-refractivity contribution in [3.8, 4) is 0 Å². The Balaban J connectivity index is 3.32. The molecule has 1 rings (SSSR count). The molecule has 0 atom stereocenters. The van der Waals surface area contributed by atoms with Crippen molar-refractivity contribution in [1.82, 2.24) is 4.37 Å². The van der Waals surface area contributed by atoms with Gasteiger partial charge in [0.2, 0.25) is 0 Å². The molecule has 6 heteroatoms. The van der Waals surface area contributed by atoms with E-state index in [0.717, 1.165) is 11.5 Å². The average molecular weight is 198 g/mol. The van der Waals surface area contributed by atoms with Crippen LogP contribution in [0, 0.1) is 6.92 Å². The zero-order chi connectivity index (χ0) is 7.78. The highest BCUT2D eigenvalue weighted by atomic mass is 35.7. The Morgan fingerprint density at radius 2 is 2.30 bits per heavy atom. The summed E-state index contributed by atoms with van der Waals surface area (Å²) in [5.74, 6) is 0. The fraction of sp³-hybridized carbons (Fsp3) is 0.250. The first-order valence-corrected chi connectivity index (χ1v) is 5.46. The van der Waals surface area contributed by atoms with Crippen LogP contribution >= 0.6 is 22.2 Å². The van der Waals surface area contributed by atoms with Crippen LogP contribution < -0.4 is 0 Å². The molecule has 0 saturated heterocycles. The Morgan fingerprint density at radius 1 is 1.70 bits per heavy atom. The molecule has 1 heterocycles. The van der Waals surface area contributed by atoms with Crippen LogP contribution in [0.4, 0.5) is 0 Å². The van der Waals surface area contributed by atoms with E-state index in [2.05, 4.69) is 4.37 Å². The molecule has 0 amide bonds. The molecule has 0 bridgehead atoms. The summed E-state index contributed by atoms with van der Waals surface area (Å²) in [6.07, 6.45) is 1.47. The molecule has 0 radical (unpaired) electrons. The van der Waals surface area contributed by atoms with E-state index in [0.29, 0.717) is 5.56 Å². The van der Waals surface area contributed by atoms with Gasteiger partial charge in [-0.2, -0.15) is 4.37 Å². The fourth-order valence-electron chi connectivity index (χ4n) is 0.515. The van der Waals surface area contributed by atoms with Crippen LogP contribution in [0.3, 0.4) is 0 Å². The Labute approximate surface area is 67.2 Å². The summed E-state index contributed by atoms with van der Waals surface area (Å²) >= 11 is 0.887. The van der Waals surface area contributed by atoms with Gasteiger partial charge in [-0.1, -0.05) is 0 Å². The van der Waals surface area contributed by atoms with E-state index in [1.807, 2.05) is 0 Å². The highest BCUT2D eigenvalue weighted by Crippen LogP contribution is 2.22. The van der Waals surface area contributed by atoms with E-state index < -0.39 is 9.05 Å². The second-order valence-electron chi connectivity index (χ2n) is 1.73. The lowest BCUT2D eigenvalue weighted by atomic mass is 10.4. The van der Waals surface area contributed by atoms with E-state index in [1.165, 1.54) is 6.20 Å². The topological polar surface area (TPSA) is 47.0 Å². The normalized spacial score (nSPS) is 11.8. The lowest BCUT2D eigenvalue weighted by Gasteiger charge is -1.87. The largest absolute Gasteiger partial charge is 0.272 e. The van der Waals surface area contributed by atoms with Crippen LogP contribution in [0.2, 0.25) is 0 Å². The van der Waals surface area contributed by atoms with Gasteiger partial charge in [0, 0.05) is 16.9 Å². The van der Waals surface area contributed by atoms with Gasteiger partial charge in [0.1, 0.15) is 0 Å². The van der Waals surface area contributed by atoms with Crippen molar-refractivity contribution in [1.29, 1.82) is 0 Å². The second kappa shape index (κ2) is 2.48. The highest BCUT2D eigenvalue weighted by Gasteiger charge is 2.14. The molecule has 0 aromatic carbocycles. The first-order chi connectivity index (χ1) is 4.52. The minimum atomic E-state index is -3.56. The van der Waals surface area contributed by atoms with Crippen molar-refractivity contribution in [3.63, 3.8) is 0 Å². The predicted molar refractivity (Wildman–Crippen MR) is 39.9 cm³/mol. The molecular weight excluding hydrogens is 194 g/mol. The van der Waals surface area contributed by atoms with Crippen molar-refractivity contribution in [2.45, 2.75) is 11.1 Å². The van der Waals surface area contributed by atoms with Gasteiger partial charge in [0.15, 0.2) is 4.21 Å². The standard InChI is InChI=1S/C4H4ClNO2S2/c1-3-2-6-9-4(3)10(5,7)8/h2H,1H3. The first kappa shape index (κ1) is 7.97. The van der Waals surface area contributed by atoms with E-state index in [-0.39, 0.29) is 4.21 Å². The Kier molecular flexibility index (Phi) is 1.98. The van der Waals surface area contributed by atoms with Gasteiger partial charge in [0.05, 0.1) is 0 Å². The van der Waals surface area contributed by atoms with Crippen LogP contribution in [0.1, 0.15) is 5.56 Å². The lowest BCUT2D eigenvalue weighted by Crippen LogP contribution is -1.87. The van der Waals surface area contributed by atoms with Gasteiger partial charge in [0.25, 0.3) is 9.05 Å². The van der Waals surface area contributed by atoms with Crippen molar-refractivity contribution in [2.24, 2.45) is 0 Å².